The van der Waals surface area contributed by atoms with Crippen LogP contribution in [0, 0.1) is 5.41 Å². The Kier molecular flexibility index (Phi) is 7.37. The van der Waals surface area contributed by atoms with Crippen LogP contribution >= 0.6 is 24.0 Å². The minimum Gasteiger partial charge on any atom is -0.484 e. The molecule has 1 atom stereocenters. The molecule has 7 heteroatoms. The lowest BCUT2D eigenvalue weighted by molar-refractivity contribution is -0.135. The minimum atomic E-state index is 0. The molecule has 0 spiro atoms. The van der Waals surface area contributed by atoms with Gasteiger partial charge in [0.15, 0.2) is 6.61 Å². The normalized spacial score (nSPS) is 24.0. The Morgan fingerprint density at radius 1 is 1.24 bits per heavy atom. The number of amides is 1. The predicted molar refractivity (Wildman–Crippen MR) is 103 cm³/mol. The van der Waals surface area contributed by atoms with E-state index in [1.165, 1.54) is 6.42 Å². The average Bonchev–Trinajstić information content (AvgIpc) is 3.01. The lowest BCUT2D eigenvalue weighted by atomic mass is 9.89. The van der Waals surface area contributed by atoms with Gasteiger partial charge in [0.25, 0.3) is 5.91 Å². The standard InChI is InChI=1S/C18H26ClN3O2.ClH/c1-18(6-7-20-13-18)14-21-8-10-22(11-9-21)17(23)12-24-16-4-2-15(19)3-5-16;/h2-5,20H,6-14H2,1H3;1H. The van der Waals surface area contributed by atoms with E-state index in [0.29, 0.717) is 16.2 Å². The summed E-state index contributed by atoms with van der Waals surface area (Å²) in [5.41, 5.74) is 0.379. The summed E-state index contributed by atoms with van der Waals surface area (Å²) in [7, 11) is 0. The molecule has 0 radical (unpaired) electrons. The van der Waals surface area contributed by atoms with E-state index in [0.717, 1.165) is 45.8 Å². The highest BCUT2D eigenvalue weighted by atomic mass is 35.5. The van der Waals surface area contributed by atoms with Crippen molar-refractivity contribution >= 4 is 29.9 Å². The van der Waals surface area contributed by atoms with Gasteiger partial charge in [0.2, 0.25) is 0 Å². The number of nitrogens with zero attached hydrogens (tertiary/aromatic N) is 2. The second-order valence-corrected chi connectivity index (χ2v) is 7.57. The molecule has 2 saturated heterocycles. The summed E-state index contributed by atoms with van der Waals surface area (Å²) >= 11 is 5.84. The maximum absolute atomic E-state index is 12.3. The van der Waals surface area contributed by atoms with E-state index >= 15 is 0 Å². The molecule has 2 heterocycles. The number of benzene rings is 1. The molecule has 1 amide bonds. The first-order chi connectivity index (χ1) is 11.5. The van der Waals surface area contributed by atoms with Crippen molar-refractivity contribution in [3.05, 3.63) is 29.3 Å². The lowest BCUT2D eigenvalue weighted by Crippen LogP contribution is -2.52. The van der Waals surface area contributed by atoms with E-state index in [4.69, 9.17) is 16.3 Å². The number of nitrogens with one attached hydrogen (secondary N) is 1. The van der Waals surface area contributed by atoms with Crippen molar-refractivity contribution in [3.63, 3.8) is 0 Å². The van der Waals surface area contributed by atoms with E-state index in [9.17, 15) is 4.79 Å². The third kappa shape index (κ3) is 5.74. The summed E-state index contributed by atoms with van der Waals surface area (Å²) in [6, 6.07) is 7.09. The average molecular weight is 388 g/mol. The highest BCUT2D eigenvalue weighted by molar-refractivity contribution is 6.30. The number of piperazine rings is 1. The van der Waals surface area contributed by atoms with E-state index in [1.54, 1.807) is 24.3 Å². The Morgan fingerprint density at radius 3 is 2.52 bits per heavy atom. The molecule has 0 aliphatic carbocycles. The van der Waals surface area contributed by atoms with Gasteiger partial charge in [-0.25, -0.2) is 0 Å². The summed E-state index contributed by atoms with van der Waals surface area (Å²) in [6.07, 6.45) is 1.24. The minimum absolute atomic E-state index is 0. The molecule has 5 nitrogen and oxygen atoms in total. The van der Waals surface area contributed by atoms with Crippen LogP contribution in [0.1, 0.15) is 13.3 Å². The quantitative estimate of drug-likeness (QED) is 0.841. The van der Waals surface area contributed by atoms with Gasteiger partial charge in [-0.05, 0) is 42.6 Å². The van der Waals surface area contributed by atoms with Crippen LogP contribution in [0.5, 0.6) is 5.75 Å². The van der Waals surface area contributed by atoms with Crippen molar-refractivity contribution in [2.24, 2.45) is 5.41 Å². The van der Waals surface area contributed by atoms with Gasteiger partial charge in [0.05, 0.1) is 0 Å². The summed E-state index contributed by atoms with van der Waals surface area (Å²) in [5, 5.41) is 4.11. The Morgan fingerprint density at radius 2 is 1.92 bits per heavy atom. The maximum atomic E-state index is 12.3. The second kappa shape index (κ2) is 9.08. The number of carbonyl (C=O) groups excluding carboxylic acids is 1. The lowest BCUT2D eigenvalue weighted by Gasteiger charge is -2.38. The smallest absolute Gasteiger partial charge is 0.260 e. The van der Waals surface area contributed by atoms with Crippen LogP contribution in [0.25, 0.3) is 0 Å². The molecule has 2 aliphatic heterocycles. The van der Waals surface area contributed by atoms with Crippen LogP contribution in [0.2, 0.25) is 5.02 Å². The zero-order valence-electron chi connectivity index (χ0n) is 14.7. The highest BCUT2D eigenvalue weighted by Crippen LogP contribution is 2.26. The molecule has 1 N–H and O–H groups in total. The van der Waals surface area contributed by atoms with E-state index in [2.05, 4.69) is 17.1 Å². The van der Waals surface area contributed by atoms with Crippen molar-refractivity contribution in [2.75, 3.05) is 52.4 Å². The molecular weight excluding hydrogens is 361 g/mol. The van der Waals surface area contributed by atoms with E-state index < -0.39 is 0 Å². The number of halogens is 2. The van der Waals surface area contributed by atoms with Gasteiger partial charge in [0, 0.05) is 44.3 Å². The molecule has 2 aliphatic rings. The molecule has 1 aromatic carbocycles. The molecule has 2 fully saturated rings. The van der Waals surface area contributed by atoms with Crippen molar-refractivity contribution in [1.29, 1.82) is 0 Å². The molecule has 3 rings (SSSR count). The van der Waals surface area contributed by atoms with Crippen LogP contribution in [-0.2, 0) is 4.79 Å². The topological polar surface area (TPSA) is 44.8 Å². The van der Waals surface area contributed by atoms with Crippen molar-refractivity contribution in [1.82, 2.24) is 15.1 Å². The molecule has 0 saturated carbocycles. The zero-order valence-corrected chi connectivity index (χ0v) is 16.2. The fourth-order valence-electron chi connectivity index (χ4n) is 3.47. The van der Waals surface area contributed by atoms with Crippen LogP contribution < -0.4 is 10.1 Å². The summed E-state index contributed by atoms with van der Waals surface area (Å²) in [6.45, 7) is 9.23. The second-order valence-electron chi connectivity index (χ2n) is 7.14. The van der Waals surface area contributed by atoms with Crippen LogP contribution in [-0.4, -0.2) is 68.1 Å². The number of hydrogen-bond donors (Lipinski definition) is 1. The number of rotatable bonds is 5. The third-order valence-electron chi connectivity index (χ3n) is 4.96. The Hall–Kier alpha value is -1.01. The first kappa shape index (κ1) is 20.3. The molecule has 25 heavy (non-hydrogen) atoms. The largest absolute Gasteiger partial charge is 0.484 e. The zero-order chi connectivity index (χ0) is 17.0. The van der Waals surface area contributed by atoms with Gasteiger partial charge in [-0.2, -0.15) is 0 Å². The first-order valence-electron chi connectivity index (χ1n) is 8.63. The van der Waals surface area contributed by atoms with Gasteiger partial charge in [0.1, 0.15) is 5.75 Å². The molecule has 1 unspecified atom stereocenters. The van der Waals surface area contributed by atoms with Gasteiger partial charge in [-0.15, -0.1) is 12.4 Å². The van der Waals surface area contributed by atoms with Crippen LogP contribution in [0.3, 0.4) is 0 Å². The summed E-state index contributed by atoms with van der Waals surface area (Å²) in [5.74, 6) is 0.728. The van der Waals surface area contributed by atoms with Gasteiger partial charge >= 0.3 is 0 Å². The highest BCUT2D eigenvalue weighted by Gasteiger charge is 2.32. The van der Waals surface area contributed by atoms with E-state index in [-0.39, 0.29) is 24.9 Å². The Bertz CT molecular complexity index is 554. The maximum Gasteiger partial charge on any atom is 0.260 e. The molecular formula is C18H27Cl2N3O2. The van der Waals surface area contributed by atoms with Crippen LogP contribution in [0.15, 0.2) is 24.3 Å². The molecule has 1 aromatic rings. The first-order valence-corrected chi connectivity index (χ1v) is 9.01. The summed E-state index contributed by atoms with van der Waals surface area (Å²) in [4.78, 5) is 16.7. The van der Waals surface area contributed by atoms with E-state index in [1.807, 2.05) is 4.90 Å². The fraction of sp³-hybridized carbons (Fsp3) is 0.611. The number of carbonyl (C=O) groups is 1. The van der Waals surface area contributed by atoms with Gasteiger partial charge in [-0.1, -0.05) is 18.5 Å². The summed E-state index contributed by atoms with van der Waals surface area (Å²) < 4.78 is 5.55. The monoisotopic (exact) mass is 387 g/mol. The fourth-order valence-corrected chi connectivity index (χ4v) is 3.59. The predicted octanol–water partition coefficient (Wildman–Crippen LogP) is 2.28. The Labute approximate surface area is 161 Å². The van der Waals surface area contributed by atoms with Crippen molar-refractivity contribution < 1.29 is 9.53 Å². The third-order valence-corrected chi connectivity index (χ3v) is 5.22. The molecule has 0 aromatic heterocycles. The van der Waals surface area contributed by atoms with Crippen LogP contribution in [0.4, 0.5) is 0 Å². The Balaban J connectivity index is 0.00000225. The van der Waals surface area contributed by atoms with Gasteiger partial charge in [-0.3, -0.25) is 9.69 Å². The SMILES string of the molecule is CC1(CN2CCN(C(=O)COc3ccc(Cl)cc3)CC2)CCNC1.Cl. The van der Waals surface area contributed by atoms with Crippen molar-refractivity contribution in [2.45, 2.75) is 13.3 Å². The molecule has 140 valence electrons. The molecule has 0 bridgehead atoms. The van der Waals surface area contributed by atoms with Gasteiger partial charge < -0.3 is 15.0 Å². The number of hydrogen-bond acceptors (Lipinski definition) is 4. The number of ether oxygens (including phenoxy) is 1. The van der Waals surface area contributed by atoms with Crippen molar-refractivity contribution in [3.8, 4) is 5.75 Å².